The van der Waals surface area contributed by atoms with Crippen LogP contribution in [0.1, 0.15) is 10.4 Å². The second-order valence-electron chi connectivity index (χ2n) is 3.91. The van der Waals surface area contributed by atoms with Crippen molar-refractivity contribution >= 4 is 11.6 Å². The van der Waals surface area contributed by atoms with Crippen molar-refractivity contribution in [3.05, 3.63) is 39.4 Å². The number of carbonyl (C=O) groups is 1. The molecule has 0 saturated heterocycles. The number of halogens is 4. The minimum Gasteiger partial charge on any atom is -0.395 e. The molecular formula is C11H10F4N2O4. The molecule has 0 radical (unpaired) electrons. The smallest absolute Gasteiger partial charge is 0.308 e. The topological polar surface area (TPSA) is 83.7 Å². The number of benzene rings is 1. The first-order valence-electron chi connectivity index (χ1n) is 5.59. The lowest BCUT2D eigenvalue weighted by molar-refractivity contribution is -0.387. The van der Waals surface area contributed by atoms with E-state index >= 15 is 0 Å². The second-order valence-corrected chi connectivity index (χ2v) is 3.91. The maximum Gasteiger partial charge on any atom is 0.308 e. The molecule has 1 aromatic rings. The van der Waals surface area contributed by atoms with Gasteiger partial charge in [-0.05, 0) is 6.07 Å². The van der Waals surface area contributed by atoms with E-state index in [1.165, 1.54) is 0 Å². The number of rotatable bonds is 6. The number of alkyl halides is 2. The van der Waals surface area contributed by atoms with Crippen LogP contribution in [0.2, 0.25) is 0 Å². The number of nitro benzene ring substituents is 1. The highest BCUT2D eigenvalue weighted by Gasteiger charge is 2.28. The number of aliphatic hydroxyl groups excluding tert-OH is 1. The number of hydrogen-bond donors (Lipinski definition) is 1. The van der Waals surface area contributed by atoms with Gasteiger partial charge in [0.2, 0.25) is 5.82 Å². The van der Waals surface area contributed by atoms with Crippen LogP contribution in [0.25, 0.3) is 0 Å². The van der Waals surface area contributed by atoms with Crippen molar-refractivity contribution in [3.63, 3.8) is 0 Å². The summed E-state index contributed by atoms with van der Waals surface area (Å²) in [7, 11) is 0. The van der Waals surface area contributed by atoms with Crippen molar-refractivity contribution in [2.45, 2.75) is 6.43 Å². The molecule has 0 unspecified atom stereocenters. The highest BCUT2D eigenvalue weighted by atomic mass is 19.3. The van der Waals surface area contributed by atoms with Crippen LogP contribution in [-0.4, -0.2) is 47.0 Å². The molecule has 0 bridgehead atoms. The van der Waals surface area contributed by atoms with E-state index in [2.05, 4.69) is 0 Å². The van der Waals surface area contributed by atoms with Gasteiger partial charge in [-0.15, -0.1) is 0 Å². The quantitative estimate of drug-likeness (QED) is 0.491. The number of amides is 1. The van der Waals surface area contributed by atoms with Crippen molar-refractivity contribution in [1.82, 2.24) is 4.90 Å². The third-order valence-electron chi connectivity index (χ3n) is 2.46. The normalized spacial score (nSPS) is 10.8. The van der Waals surface area contributed by atoms with Gasteiger partial charge in [-0.2, -0.15) is 4.39 Å². The van der Waals surface area contributed by atoms with Gasteiger partial charge in [0.05, 0.1) is 29.7 Å². The molecule has 1 N–H and O–H groups in total. The standard InChI is InChI=1S/C11H10F4N2O4/c12-6-3-7(10(15)8(4-6)17(20)21)11(19)16(1-2-18)5-9(13)14/h3-4,9,18H,1-2,5H2. The first kappa shape index (κ1) is 16.8. The molecule has 6 nitrogen and oxygen atoms in total. The monoisotopic (exact) mass is 310 g/mol. The zero-order valence-electron chi connectivity index (χ0n) is 10.4. The average molecular weight is 310 g/mol. The summed E-state index contributed by atoms with van der Waals surface area (Å²) in [4.78, 5) is 21.6. The molecule has 21 heavy (non-hydrogen) atoms. The summed E-state index contributed by atoms with van der Waals surface area (Å²) >= 11 is 0. The van der Waals surface area contributed by atoms with Gasteiger partial charge < -0.3 is 10.0 Å². The lowest BCUT2D eigenvalue weighted by Gasteiger charge is -2.21. The third-order valence-corrected chi connectivity index (χ3v) is 2.46. The summed E-state index contributed by atoms with van der Waals surface area (Å²) in [6.07, 6.45) is -2.97. The van der Waals surface area contributed by atoms with E-state index in [9.17, 15) is 32.5 Å². The van der Waals surface area contributed by atoms with E-state index in [0.29, 0.717) is 11.0 Å². The fourth-order valence-corrected chi connectivity index (χ4v) is 1.60. The fourth-order valence-electron chi connectivity index (χ4n) is 1.60. The van der Waals surface area contributed by atoms with Crippen LogP contribution in [-0.2, 0) is 0 Å². The van der Waals surface area contributed by atoms with Crippen molar-refractivity contribution in [3.8, 4) is 0 Å². The minimum atomic E-state index is -2.97. The van der Waals surface area contributed by atoms with Gasteiger partial charge in [0.25, 0.3) is 12.3 Å². The summed E-state index contributed by atoms with van der Waals surface area (Å²) in [5.74, 6) is -4.25. The van der Waals surface area contributed by atoms with Crippen molar-refractivity contribution in [2.24, 2.45) is 0 Å². The van der Waals surface area contributed by atoms with Gasteiger partial charge in [0.1, 0.15) is 5.82 Å². The van der Waals surface area contributed by atoms with E-state index in [1.807, 2.05) is 0 Å². The molecule has 0 aliphatic carbocycles. The van der Waals surface area contributed by atoms with E-state index in [0.717, 1.165) is 0 Å². The maximum absolute atomic E-state index is 13.8. The van der Waals surface area contributed by atoms with Crippen LogP contribution in [0.3, 0.4) is 0 Å². The first-order chi connectivity index (χ1) is 9.77. The Bertz CT molecular complexity index is 553. The fraction of sp³-hybridized carbons (Fsp3) is 0.364. The molecule has 0 aliphatic rings. The molecule has 116 valence electrons. The second kappa shape index (κ2) is 6.97. The molecule has 0 aliphatic heterocycles. The molecule has 0 heterocycles. The van der Waals surface area contributed by atoms with Crippen LogP contribution < -0.4 is 0 Å². The predicted octanol–water partition coefficient (Wildman–Crippen LogP) is 1.57. The molecule has 0 fully saturated rings. The minimum absolute atomic E-state index is 0.273. The molecular weight excluding hydrogens is 300 g/mol. The lowest BCUT2D eigenvalue weighted by atomic mass is 10.1. The Hall–Kier alpha value is -2.23. The van der Waals surface area contributed by atoms with Gasteiger partial charge in [0, 0.05) is 6.54 Å². The molecule has 0 spiro atoms. The zero-order valence-corrected chi connectivity index (χ0v) is 10.4. The van der Waals surface area contributed by atoms with Crippen LogP contribution in [0.15, 0.2) is 12.1 Å². The van der Waals surface area contributed by atoms with Gasteiger partial charge in [-0.25, -0.2) is 13.2 Å². The summed E-state index contributed by atoms with van der Waals surface area (Å²) in [5.41, 5.74) is -2.32. The molecule has 1 rings (SSSR count). The Morgan fingerprint density at radius 2 is 2.00 bits per heavy atom. The summed E-state index contributed by atoms with van der Waals surface area (Å²) in [6.45, 7) is -2.35. The number of carbonyl (C=O) groups excluding carboxylic acids is 1. The van der Waals surface area contributed by atoms with Gasteiger partial charge >= 0.3 is 5.69 Å². The Morgan fingerprint density at radius 1 is 1.38 bits per heavy atom. The van der Waals surface area contributed by atoms with Crippen LogP contribution in [0.5, 0.6) is 0 Å². The highest BCUT2D eigenvalue weighted by Crippen LogP contribution is 2.23. The molecule has 0 aromatic heterocycles. The first-order valence-corrected chi connectivity index (χ1v) is 5.59. The lowest BCUT2D eigenvalue weighted by Crippen LogP contribution is -2.37. The molecule has 10 heteroatoms. The number of nitrogens with zero attached hydrogens (tertiary/aromatic N) is 2. The maximum atomic E-state index is 13.8. The van der Waals surface area contributed by atoms with Gasteiger partial charge in [0.15, 0.2) is 0 Å². The van der Waals surface area contributed by atoms with Crippen molar-refractivity contribution < 1.29 is 32.4 Å². The van der Waals surface area contributed by atoms with Gasteiger partial charge in [-0.1, -0.05) is 0 Å². The number of nitro groups is 1. The van der Waals surface area contributed by atoms with E-state index < -0.39 is 59.8 Å². The van der Waals surface area contributed by atoms with E-state index in [-0.39, 0.29) is 6.07 Å². The van der Waals surface area contributed by atoms with E-state index in [4.69, 9.17) is 5.11 Å². The molecule has 0 saturated carbocycles. The highest BCUT2D eigenvalue weighted by molar-refractivity contribution is 5.95. The Balaban J connectivity index is 3.24. The van der Waals surface area contributed by atoms with Gasteiger partial charge in [-0.3, -0.25) is 14.9 Å². The average Bonchev–Trinajstić information content (AvgIpc) is 2.39. The van der Waals surface area contributed by atoms with Crippen LogP contribution >= 0.6 is 0 Å². The molecule has 0 atom stereocenters. The predicted molar refractivity (Wildman–Crippen MR) is 62.0 cm³/mol. The largest absolute Gasteiger partial charge is 0.395 e. The van der Waals surface area contributed by atoms with Crippen LogP contribution in [0, 0.1) is 21.7 Å². The summed E-state index contributed by atoms with van der Waals surface area (Å²) in [5, 5.41) is 19.2. The Morgan fingerprint density at radius 3 is 2.48 bits per heavy atom. The molecule has 1 aromatic carbocycles. The number of hydrogen-bond acceptors (Lipinski definition) is 4. The van der Waals surface area contributed by atoms with Crippen molar-refractivity contribution in [1.29, 1.82) is 0 Å². The SMILES string of the molecule is O=C(c1cc(F)cc([N+](=O)[O-])c1F)N(CCO)CC(F)F. The van der Waals surface area contributed by atoms with Crippen LogP contribution in [0.4, 0.5) is 23.2 Å². The Kier molecular flexibility index (Phi) is 5.59. The summed E-state index contributed by atoms with van der Waals surface area (Å²) in [6, 6.07) is 0.649. The number of aliphatic hydroxyl groups is 1. The third kappa shape index (κ3) is 4.12. The summed E-state index contributed by atoms with van der Waals surface area (Å²) < 4.78 is 51.6. The Labute approximate surface area is 115 Å². The molecule has 1 amide bonds. The zero-order chi connectivity index (χ0) is 16.2. The van der Waals surface area contributed by atoms with Crippen molar-refractivity contribution in [2.75, 3.05) is 19.7 Å². The van der Waals surface area contributed by atoms with E-state index in [1.54, 1.807) is 0 Å².